The highest BCUT2D eigenvalue weighted by Gasteiger charge is 2.49. The number of nitrogens with zero attached hydrogens (tertiary/aromatic N) is 1. The summed E-state index contributed by atoms with van der Waals surface area (Å²) in [5.74, 6) is -3.79. The zero-order valence-electron chi connectivity index (χ0n) is 15.9. The van der Waals surface area contributed by atoms with E-state index in [2.05, 4.69) is 4.74 Å². The van der Waals surface area contributed by atoms with Crippen molar-refractivity contribution in [2.24, 2.45) is 11.7 Å². The number of hydrogen-bond donors (Lipinski definition) is 3. The van der Waals surface area contributed by atoms with Crippen LogP contribution in [0.1, 0.15) is 31.4 Å². The lowest BCUT2D eigenvalue weighted by molar-refractivity contribution is -0.217. The molecule has 168 valence electrons. The molecule has 0 aliphatic carbocycles. The quantitative estimate of drug-likeness (QED) is 0.567. The van der Waals surface area contributed by atoms with E-state index in [1.807, 2.05) is 0 Å². The third-order valence-corrected chi connectivity index (χ3v) is 5.79. The molecular weight excluding hydrogens is 452 g/mol. The number of halogens is 5. The van der Waals surface area contributed by atoms with Crippen molar-refractivity contribution in [1.29, 1.82) is 0 Å². The Kier molecular flexibility index (Phi) is 7.49. The molecule has 2 rings (SSSR count). The fraction of sp³-hybridized carbons (Fsp3) is 0.556. The molecule has 1 heterocycles. The second-order valence-corrected chi connectivity index (χ2v) is 8.07. The van der Waals surface area contributed by atoms with Gasteiger partial charge in [-0.15, -0.1) is 0 Å². The number of aliphatic hydroxyl groups excluding tert-OH is 1. The number of alkyl halides is 3. The molecule has 2 atom stereocenters. The highest BCUT2D eigenvalue weighted by Crippen LogP contribution is 2.38. The normalized spacial score (nSPS) is 18.6. The van der Waals surface area contributed by atoms with Gasteiger partial charge in [0.15, 0.2) is 0 Å². The van der Waals surface area contributed by atoms with Gasteiger partial charge in [-0.2, -0.15) is 13.2 Å². The number of carbonyl (C=O) groups is 2. The first-order valence-electron chi connectivity index (χ1n) is 8.94. The molecule has 12 heteroatoms. The van der Waals surface area contributed by atoms with Crippen molar-refractivity contribution in [2.45, 2.75) is 37.6 Å². The van der Waals surface area contributed by atoms with Gasteiger partial charge in [-0.05, 0) is 31.7 Å². The molecule has 0 bridgehead atoms. The van der Waals surface area contributed by atoms with Crippen molar-refractivity contribution in [2.75, 3.05) is 19.7 Å². The maximum Gasteiger partial charge on any atom is 0.490 e. The van der Waals surface area contributed by atoms with Crippen molar-refractivity contribution in [3.8, 4) is 5.75 Å². The summed E-state index contributed by atoms with van der Waals surface area (Å²) in [6.07, 6.45) is -4.57. The first-order valence-corrected chi connectivity index (χ1v) is 9.69. The van der Waals surface area contributed by atoms with Gasteiger partial charge in [0.05, 0.1) is 16.7 Å². The fourth-order valence-electron chi connectivity index (χ4n) is 3.27. The van der Waals surface area contributed by atoms with Gasteiger partial charge in [-0.25, -0.2) is 4.79 Å². The molecule has 1 saturated heterocycles. The Bertz CT molecular complexity index is 816. The summed E-state index contributed by atoms with van der Waals surface area (Å²) in [5.41, 5.74) is 4.26. The Morgan fingerprint density at radius 1 is 1.27 bits per heavy atom. The van der Waals surface area contributed by atoms with E-state index in [1.54, 1.807) is 0 Å². The minimum Gasteiger partial charge on any atom is -0.508 e. The van der Waals surface area contributed by atoms with Gasteiger partial charge in [0.25, 0.3) is 5.91 Å². The Balaban J connectivity index is 2.06. The maximum atomic E-state index is 12.6. The van der Waals surface area contributed by atoms with Crippen LogP contribution < -0.4 is 5.73 Å². The van der Waals surface area contributed by atoms with Crippen molar-refractivity contribution in [3.63, 3.8) is 0 Å². The summed E-state index contributed by atoms with van der Waals surface area (Å²) < 4.78 is 41.7. The number of phenolic OH excluding ortho intramolecular Hbond substituents is 1. The number of aliphatic hydroxyl groups is 1. The average molecular weight is 473 g/mol. The number of phenols is 1. The molecule has 0 radical (unpaired) electrons. The van der Waals surface area contributed by atoms with Crippen LogP contribution >= 0.6 is 23.2 Å². The number of ether oxygens (including phenoxy) is 1. The zero-order valence-corrected chi connectivity index (χ0v) is 17.4. The molecule has 0 unspecified atom stereocenters. The number of aromatic hydroxyl groups is 1. The maximum absolute atomic E-state index is 12.6. The summed E-state index contributed by atoms with van der Waals surface area (Å²) in [7, 11) is 0. The minimum atomic E-state index is -5.29. The van der Waals surface area contributed by atoms with Crippen LogP contribution in [-0.2, 0) is 14.3 Å². The van der Waals surface area contributed by atoms with Crippen molar-refractivity contribution >= 4 is 35.1 Å². The largest absolute Gasteiger partial charge is 0.508 e. The van der Waals surface area contributed by atoms with Crippen molar-refractivity contribution < 1.29 is 37.7 Å². The molecule has 30 heavy (non-hydrogen) atoms. The molecule has 1 aliphatic heterocycles. The second-order valence-electron chi connectivity index (χ2n) is 7.26. The predicted molar refractivity (Wildman–Crippen MR) is 102 cm³/mol. The number of esters is 1. The van der Waals surface area contributed by atoms with Crippen molar-refractivity contribution in [3.05, 3.63) is 27.7 Å². The van der Waals surface area contributed by atoms with Gasteiger partial charge in [0.1, 0.15) is 5.75 Å². The van der Waals surface area contributed by atoms with Gasteiger partial charge in [0, 0.05) is 30.8 Å². The Morgan fingerprint density at radius 2 is 1.80 bits per heavy atom. The number of amides is 1. The Labute approximate surface area is 180 Å². The molecule has 1 aromatic rings. The molecule has 1 fully saturated rings. The number of hydrogen-bond acceptors (Lipinski definition) is 6. The van der Waals surface area contributed by atoms with Gasteiger partial charge in [-0.3, -0.25) is 4.79 Å². The smallest absolute Gasteiger partial charge is 0.490 e. The third-order valence-electron chi connectivity index (χ3n) is 5.07. The highest BCUT2D eigenvalue weighted by molar-refractivity contribution is 6.42. The number of rotatable bonds is 5. The first-order chi connectivity index (χ1) is 13.8. The second kappa shape index (κ2) is 9.17. The van der Waals surface area contributed by atoms with E-state index in [0.717, 1.165) is 6.92 Å². The van der Waals surface area contributed by atoms with Crippen LogP contribution in [0.4, 0.5) is 13.2 Å². The summed E-state index contributed by atoms with van der Waals surface area (Å²) in [6, 6.07) is 2.12. The summed E-state index contributed by atoms with van der Waals surface area (Å²) in [6.45, 7) is 0.0334. The van der Waals surface area contributed by atoms with E-state index < -0.39 is 36.3 Å². The average Bonchev–Trinajstić information content (AvgIpc) is 2.68. The zero-order chi connectivity index (χ0) is 22.9. The molecule has 0 aromatic heterocycles. The predicted octanol–water partition coefficient (Wildman–Crippen LogP) is 2.79. The summed E-state index contributed by atoms with van der Waals surface area (Å²) in [4.78, 5) is 24.9. The van der Waals surface area contributed by atoms with E-state index in [0.29, 0.717) is 18.4 Å². The highest BCUT2D eigenvalue weighted by atomic mass is 35.5. The van der Waals surface area contributed by atoms with Gasteiger partial charge < -0.3 is 25.6 Å². The Hall–Kier alpha value is -1.75. The SMILES string of the molecule is C[C@](CO)(OC(=O)C(F)(F)F)C(=O)N1CCC([C@@H](N)c2cc(Cl)c(Cl)cc2O)CC1. The molecule has 1 aromatic carbocycles. The van der Waals surface area contributed by atoms with E-state index in [1.165, 1.54) is 17.0 Å². The number of likely N-dealkylation sites (tertiary alicyclic amines) is 1. The number of carbonyl (C=O) groups excluding carboxylic acids is 2. The topological polar surface area (TPSA) is 113 Å². The van der Waals surface area contributed by atoms with Crippen molar-refractivity contribution in [1.82, 2.24) is 4.90 Å². The standard InChI is InChI=1S/C18H21Cl2F3N2O5/c1-17(8-26,30-16(29)18(21,22)23)15(28)25-4-2-9(3-5-25)14(24)10-6-11(19)12(20)7-13(10)27/h6-7,9,14,26-27H,2-5,8,24H2,1H3/t14-,17-/m1/s1. The van der Waals surface area contributed by atoms with E-state index in [4.69, 9.17) is 28.9 Å². The summed E-state index contributed by atoms with van der Waals surface area (Å²) in [5, 5.41) is 19.9. The lowest BCUT2D eigenvalue weighted by atomic mass is 9.85. The lowest BCUT2D eigenvalue weighted by Crippen LogP contribution is -2.55. The summed E-state index contributed by atoms with van der Waals surface area (Å²) >= 11 is 11.8. The monoisotopic (exact) mass is 472 g/mol. The van der Waals surface area contributed by atoms with Crippen LogP contribution in [0.3, 0.4) is 0 Å². The van der Waals surface area contributed by atoms with Gasteiger partial charge in [-0.1, -0.05) is 23.2 Å². The molecule has 1 aliphatic rings. The van der Waals surface area contributed by atoms with Crippen LogP contribution in [-0.4, -0.2) is 58.5 Å². The molecule has 1 amide bonds. The molecular formula is C18H21Cl2F3N2O5. The van der Waals surface area contributed by atoms with Gasteiger partial charge >= 0.3 is 12.1 Å². The van der Waals surface area contributed by atoms with Crippen LogP contribution in [0.2, 0.25) is 10.0 Å². The minimum absolute atomic E-state index is 0.110. The van der Waals surface area contributed by atoms with Crippen LogP contribution in [0.25, 0.3) is 0 Å². The van der Waals surface area contributed by atoms with E-state index in [9.17, 15) is 33.0 Å². The molecule has 0 saturated carbocycles. The fourth-order valence-corrected chi connectivity index (χ4v) is 3.60. The third kappa shape index (κ3) is 5.29. The number of nitrogens with two attached hydrogens (primary N) is 1. The lowest BCUT2D eigenvalue weighted by Gasteiger charge is -2.38. The van der Waals surface area contributed by atoms with Crippen LogP contribution in [0.5, 0.6) is 5.75 Å². The molecule has 7 nitrogen and oxygen atoms in total. The molecule has 0 spiro atoms. The molecule has 4 N–H and O–H groups in total. The van der Waals surface area contributed by atoms with E-state index in [-0.39, 0.29) is 34.8 Å². The van der Waals surface area contributed by atoms with Crippen LogP contribution in [0, 0.1) is 5.92 Å². The number of benzene rings is 1. The van der Waals surface area contributed by atoms with Gasteiger partial charge in [0.2, 0.25) is 5.60 Å². The van der Waals surface area contributed by atoms with Crippen LogP contribution in [0.15, 0.2) is 12.1 Å². The first kappa shape index (κ1) is 24.5. The van der Waals surface area contributed by atoms with E-state index >= 15 is 0 Å². The number of piperidine rings is 1. The Morgan fingerprint density at radius 3 is 2.30 bits per heavy atom.